The van der Waals surface area contributed by atoms with Crippen molar-refractivity contribution in [2.75, 3.05) is 5.32 Å². The fourth-order valence-corrected chi connectivity index (χ4v) is 1.74. The lowest BCUT2D eigenvalue weighted by atomic mass is 10.1. The van der Waals surface area contributed by atoms with Gasteiger partial charge in [-0.3, -0.25) is 9.78 Å². The highest BCUT2D eigenvalue weighted by atomic mass is 19.1. The molecule has 0 atom stereocenters. The van der Waals surface area contributed by atoms with Crippen LogP contribution in [-0.4, -0.2) is 16.0 Å². The van der Waals surface area contributed by atoms with Gasteiger partial charge >= 0.3 is 0 Å². The molecule has 4 nitrogen and oxygen atoms in total. The summed E-state index contributed by atoms with van der Waals surface area (Å²) in [6.07, 6.45) is 2.96. The second-order valence-corrected chi connectivity index (χ2v) is 4.16. The number of aliphatic hydroxyl groups excluding tert-OH is 1. The van der Waals surface area contributed by atoms with Gasteiger partial charge in [-0.1, -0.05) is 0 Å². The predicted octanol–water partition coefficient (Wildman–Crippen LogP) is 2.27. The first-order valence-electron chi connectivity index (χ1n) is 5.72. The minimum atomic E-state index is -0.460. The Morgan fingerprint density at radius 3 is 2.89 bits per heavy atom. The number of benzene rings is 1. The molecule has 5 heteroatoms. The van der Waals surface area contributed by atoms with Crippen LogP contribution in [0.3, 0.4) is 0 Å². The summed E-state index contributed by atoms with van der Waals surface area (Å²) in [5.74, 6) is -0.899. The number of rotatable bonds is 3. The Morgan fingerprint density at radius 2 is 2.21 bits per heavy atom. The van der Waals surface area contributed by atoms with Crippen molar-refractivity contribution in [1.82, 2.24) is 4.98 Å². The number of aliphatic hydroxyl groups is 1. The summed E-state index contributed by atoms with van der Waals surface area (Å²) in [4.78, 5) is 15.9. The van der Waals surface area contributed by atoms with Gasteiger partial charge in [0, 0.05) is 17.3 Å². The molecule has 1 heterocycles. The number of carbonyl (C=O) groups is 1. The number of nitrogens with one attached hydrogen (secondary N) is 1. The summed E-state index contributed by atoms with van der Waals surface area (Å²) in [5.41, 5.74) is 1.86. The van der Waals surface area contributed by atoms with E-state index in [-0.39, 0.29) is 12.2 Å². The van der Waals surface area contributed by atoms with E-state index in [9.17, 15) is 9.18 Å². The lowest BCUT2D eigenvalue weighted by Gasteiger charge is -2.09. The van der Waals surface area contributed by atoms with E-state index in [1.165, 1.54) is 18.5 Å². The molecule has 0 saturated carbocycles. The van der Waals surface area contributed by atoms with Gasteiger partial charge in [-0.25, -0.2) is 4.39 Å². The monoisotopic (exact) mass is 260 g/mol. The van der Waals surface area contributed by atoms with Crippen molar-refractivity contribution in [3.8, 4) is 0 Å². The Hall–Kier alpha value is -2.27. The molecule has 0 unspecified atom stereocenters. The summed E-state index contributed by atoms with van der Waals surface area (Å²) in [5, 5.41) is 11.8. The average molecular weight is 260 g/mol. The highest BCUT2D eigenvalue weighted by Crippen LogP contribution is 2.15. The van der Waals surface area contributed by atoms with Crippen LogP contribution in [0.15, 0.2) is 36.7 Å². The first kappa shape index (κ1) is 13.2. The zero-order valence-electron chi connectivity index (χ0n) is 10.4. The van der Waals surface area contributed by atoms with Crippen LogP contribution in [0.1, 0.15) is 21.5 Å². The van der Waals surface area contributed by atoms with Crippen LogP contribution in [0.5, 0.6) is 0 Å². The number of halogens is 1. The molecular weight excluding hydrogens is 247 g/mol. The topological polar surface area (TPSA) is 62.2 Å². The normalized spacial score (nSPS) is 10.3. The molecule has 0 bridgehead atoms. The van der Waals surface area contributed by atoms with Crippen LogP contribution in [0.2, 0.25) is 0 Å². The summed E-state index contributed by atoms with van der Waals surface area (Å²) in [6, 6.07) is 5.71. The van der Waals surface area contributed by atoms with Gasteiger partial charge in [0.25, 0.3) is 5.91 Å². The molecule has 98 valence electrons. The largest absolute Gasteiger partial charge is 0.392 e. The van der Waals surface area contributed by atoms with E-state index >= 15 is 0 Å². The van der Waals surface area contributed by atoms with Crippen LogP contribution < -0.4 is 5.32 Å². The van der Waals surface area contributed by atoms with Gasteiger partial charge in [0.1, 0.15) is 5.82 Å². The van der Waals surface area contributed by atoms with E-state index in [0.29, 0.717) is 16.8 Å². The first-order chi connectivity index (χ1) is 9.10. The van der Waals surface area contributed by atoms with Crippen molar-refractivity contribution in [1.29, 1.82) is 0 Å². The number of nitrogens with zero attached hydrogens (tertiary/aromatic N) is 1. The summed E-state index contributed by atoms with van der Waals surface area (Å²) >= 11 is 0. The highest BCUT2D eigenvalue weighted by Gasteiger charge is 2.10. The molecule has 0 saturated heterocycles. The molecule has 1 aromatic carbocycles. The third-order valence-electron chi connectivity index (χ3n) is 2.63. The fourth-order valence-electron chi connectivity index (χ4n) is 1.74. The molecule has 1 aromatic heterocycles. The maximum atomic E-state index is 13.2. The van der Waals surface area contributed by atoms with E-state index in [0.717, 1.165) is 6.07 Å². The van der Waals surface area contributed by atoms with Gasteiger partial charge in [0.15, 0.2) is 0 Å². The van der Waals surface area contributed by atoms with Gasteiger partial charge in [0.05, 0.1) is 18.5 Å². The molecule has 19 heavy (non-hydrogen) atoms. The number of hydrogen-bond donors (Lipinski definition) is 2. The lowest BCUT2D eigenvalue weighted by Crippen LogP contribution is -2.14. The Kier molecular flexibility index (Phi) is 3.87. The molecule has 1 amide bonds. The van der Waals surface area contributed by atoms with E-state index in [1.807, 2.05) is 0 Å². The lowest BCUT2D eigenvalue weighted by molar-refractivity contribution is 0.102. The number of anilines is 1. The predicted molar refractivity (Wildman–Crippen MR) is 69.3 cm³/mol. The van der Waals surface area contributed by atoms with Gasteiger partial charge in [-0.05, 0) is 36.8 Å². The zero-order chi connectivity index (χ0) is 13.8. The first-order valence-corrected chi connectivity index (χ1v) is 5.72. The van der Waals surface area contributed by atoms with Gasteiger partial charge in [0.2, 0.25) is 0 Å². The Bertz CT molecular complexity index is 594. The Balaban J connectivity index is 2.25. The van der Waals surface area contributed by atoms with E-state index < -0.39 is 11.7 Å². The summed E-state index contributed by atoms with van der Waals surface area (Å²) in [6.45, 7) is 1.50. The highest BCUT2D eigenvalue weighted by molar-refractivity contribution is 6.04. The minimum Gasteiger partial charge on any atom is -0.392 e. The third-order valence-corrected chi connectivity index (χ3v) is 2.63. The van der Waals surface area contributed by atoms with Gasteiger partial charge in [-0.2, -0.15) is 0 Å². The number of aromatic nitrogens is 1. The fraction of sp³-hybridized carbons (Fsp3) is 0.143. The van der Waals surface area contributed by atoms with Crippen molar-refractivity contribution in [2.45, 2.75) is 13.5 Å². The SMILES string of the molecule is Cc1cc(F)cc(C(=O)Nc2cnccc2CO)c1. The third kappa shape index (κ3) is 3.14. The summed E-state index contributed by atoms with van der Waals surface area (Å²) in [7, 11) is 0. The Morgan fingerprint density at radius 1 is 1.42 bits per heavy atom. The molecule has 0 spiro atoms. The van der Waals surface area contributed by atoms with Crippen LogP contribution in [0.25, 0.3) is 0 Å². The molecule has 0 aliphatic heterocycles. The maximum Gasteiger partial charge on any atom is 0.255 e. The van der Waals surface area contributed by atoms with Gasteiger partial charge in [-0.15, -0.1) is 0 Å². The molecule has 0 aliphatic rings. The zero-order valence-corrected chi connectivity index (χ0v) is 10.4. The number of hydrogen-bond acceptors (Lipinski definition) is 3. The number of pyridine rings is 1. The number of amides is 1. The maximum absolute atomic E-state index is 13.2. The number of aryl methyl sites for hydroxylation is 1. The average Bonchev–Trinajstić information content (AvgIpc) is 2.38. The van der Waals surface area contributed by atoms with E-state index in [1.54, 1.807) is 19.1 Å². The van der Waals surface area contributed by atoms with E-state index in [4.69, 9.17) is 5.11 Å². The van der Waals surface area contributed by atoms with Gasteiger partial charge < -0.3 is 10.4 Å². The van der Waals surface area contributed by atoms with Crippen LogP contribution in [0.4, 0.5) is 10.1 Å². The quantitative estimate of drug-likeness (QED) is 0.890. The number of carbonyl (C=O) groups excluding carboxylic acids is 1. The second-order valence-electron chi connectivity index (χ2n) is 4.16. The van der Waals surface area contributed by atoms with Crippen LogP contribution in [0, 0.1) is 12.7 Å². The standard InChI is InChI=1S/C14H13FN2O2/c1-9-4-11(6-12(15)5-9)14(19)17-13-7-16-3-2-10(13)8-18/h2-7,18H,8H2,1H3,(H,17,19). The molecule has 0 aliphatic carbocycles. The second kappa shape index (κ2) is 5.58. The van der Waals surface area contributed by atoms with Crippen molar-refractivity contribution < 1.29 is 14.3 Å². The van der Waals surface area contributed by atoms with Crippen molar-refractivity contribution in [2.24, 2.45) is 0 Å². The van der Waals surface area contributed by atoms with Crippen LogP contribution in [-0.2, 0) is 6.61 Å². The Labute approximate surface area is 109 Å². The van der Waals surface area contributed by atoms with Crippen molar-refractivity contribution >= 4 is 11.6 Å². The molecule has 0 radical (unpaired) electrons. The van der Waals surface area contributed by atoms with Crippen molar-refractivity contribution in [3.63, 3.8) is 0 Å². The molecular formula is C14H13FN2O2. The summed E-state index contributed by atoms with van der Waals surface area (Å²) < 4.78 is 13.2. The van der Waals surface area contributed by atoms with Crippen LogP contribution >= 0.6 is 0 Å². The molecule has 2 rings (SSSR count). The molecule has 2 N–H and O–H groups in total. The molecule has 2 aromatic rings. The minimum absolute atomic E-state index is 0.208. The molecule has 0 fully saturated rings. The van der Waals surface area contributed by atoms with Crippen molar-refractivity contribution in [3.05, 3.63) is 59.2 Å². The smallest absolute Gasteiger partial charge is 0.255 e. The van der Waals surface area contributed by atoms with E-state index in [2.05, 4.69) is 10.3 Å².